The molecule has 0 heterocycles. The molecular formula is C11H15BrFN. The van der Waals surface area contributed by atoms with Crippen molar-refractivity contribution in [3.05, 3.63) is 34.1 Å². The monoisotopic (exact) mass is 259 g/mol. The number of rotatable bonds is 3. The summed E-state index contributed by atoms with van der Waals surface area (Å²) in [4.78, 5) is 0. The van der Waals surface area contributed by atoms with Crippen LogP contribution in [0.1, 0.15) is 25.5 Å². The van der Waals surface area contributed by atoms with E-state index in [9.17, 15) is 4.39 Å². The van der Waals surface area contributed by atoms with Crippen LogP contribution in [0.3, 0.4) is 0 Å². The van der Waals surface area contributed by atoms with Crippen molar-refractivity contribution >= 4 is 15.9 Å². The molecule has 0 aromatic heterocycles. The van der Waals surface area contributed by atoms with Crippen LogP contribution in [0.25, 0.3) is 0 Å². The van der Waals surface area contributed by atoms with Gasteiger partial charge in [0.25, 0.3) is 0 Å². The van der Waals surface area contributed by atoms with Gasteiger partial charge in [0.15, 0.2) is 0 Å². The second-order valence-corrected chi connectivity index (χ2v) is 4.53. The van der Waals surface area contributed by atoms with Crippen molar-refractivity contribution in [2.45, 2.75) is 19.9 Å². The summed E-state index contributed by atoms with van der Waals surface area (Å²) in [6.07, 6.45) is 0. The molecule has 1 N–H and O–H groups in total. The van der Waals surface area contributed by atoms with Gasteiger partial charge in [-0.2, -0.15) is 0 Å². The fraction of sp³-hybridized carbons (Fsp3) is 0.455. The Balaban J connectivity index is 3.04. The molecule has 0 bridgehead atoms. The van der Waals surface area contributed by atoms with Crippen molar-refractivity contribution in [2.75, 3.05) is 7.05 Å². The van der Waals surface area contributed by atoms with E-state index >= 15 is 0 Å². The average molecular weight is 260 g/mol. The number of nitrogens with one attached hydrogen (secondary N) is 1. The first-order chi connectivity index (χ1) is 6.56. The van der Waals surface area contributed by atoms with Gasteiger partial charge in [-0.3, -0.25) is 0 Å². The zero-order chi connectivity index (χ0) is 10.7. The standard InChI is InChI=1S/C11H15BrFN/c1-7(2)11(14-3)9-5-4-8(13)6-10(9)12/h4-7,11,14H,1-3H3. The molecule has 78 valence electrons. The van der Waals surface area contributed by atoms with Gasteiger partial charge in [0.05, 0.1) is 0 Å². The summed E-state index contributed by atoms with van der Waals surface area (Å²) in [6.45, 7) is 4.27. The minimum Gasteiger partial charge on any atom is -0.313 e. The Labute approximate surface area is 92.8 Å². The molecule has 3 heteroatoms. The molecule has 0 aliphatic carbocycles. The molecule has 0 saturated carbocycles. The molecule has 0 spiro atoms. The van der Waals surface area contributed by atoms with Crippen molar-refractivity contribution < 1.29 is 4.39 Å². The van der Waals surface area contributed by atoms with Crippen LogP contribution in [0.5, 0.6) is 0 Å². The lowest BCUT2D eigenvalue weighted by Gasteiger charge is -2.21. The fourth-order valence-corrected chi connectivity index (χ4v) is 2.20. The summed E-state index contributed by atoms with van der Waals surface area (Å²) in [6, 6.07) is 5.07. The maximum Gasteiger partial charge on any atom is 0.124 e. The minimum absolute atomic E-state index is 0.209. The van der Waals surface area contributed by atoms with Crippen molar-refractivity contribution in [3.63, 3.8) is 0 Å². The molecule has 0 aliphatic rings. The van der Waals surface area contributed by atoms with E-state index < -0.39 is 0 Å². The van der Waals surface area contributed by atoms with E-state index in [1.165, 1.54) is 12.1 Å². The van der Waals surface area contributed by atoms with Crippen LogP contribution >= 0.6 is 15.9 Å². The highest BCUT2D eigenvalue weighted by molar-refractivity contribution is 9.10. The molecule has 0 radical (unpaired) electrons. The van der Waals surface area contributed by atoms with Crippen molar-refractivity contribution in [1.82, 2.24) is 5.32 Å². The van der Waals surface area contributed by atoms with Crippen LogP contribution in [0, 0.1) is 11.7 Å². The molecule has 1 nitrogen and oxygen atoms in total. The molecule has 0 saturated heterocycles. The van der Waals surface area contributed by atoms with Gasteiger partial charge in [0.1, 0.15) is 5.82 Å². The largest absolute Gasteiger partial charge is 0.313 e. The van der Waals surface area contributed by atoms with E-state index in [2.05, 4.69) is 35.1 Å². The van der Waals surface area contributed by atoms with E-state index in [4.69, 9.17) is 0 Å². The van der Waals surface area contributed by atoms with Crippen LogP contribution in [-0.4, -0.2) is 7.05 Å². The average Bonchev–Trinajstić information content (AvgIpc) is 2.09. The summed E-state index contributed by atoms with van der Waals surface area (Å²) >= 11 is 3.38. The Bertz CT molecular complexity index is 312. The summed E-state index contributed by atoms with van der Waals surface area (Å²) < 4.78 is 13.7. The van der Waals surface area contributed by atoms with Crippen molar-refractivity contribution in [1.29, 1.82) is 0 Å². The molecule has 14 heavy (non-hydrogen) atoms. The Kier molecular flexibility index (Phi) is 4.08. The van der Waals surface area contributed by atoms with Crippen LogP contribution in [0.4, 0.5) is 4.39 Å². The molecule has 0 amide bonds. The van der Waals surface area contributed by atoms with Crippen LogP contribution < -0.4 is 5.32 Å². The molecule has 1 unspecified atom stereocenters. The Morgan fingerprint density at radius 2 is 2.00 bits per heavy atom. The maximum atomic E-state index is 12.9. The van der Waals surface area contributed by atoms with E-state index in [-0.39, 0.29) is 11.9 Å². The highest BCUT2D eigenvalue weighted by atomic mass is 79.9. The number of halogens is 2. The third kappa shape index (κ3) is 2.55. The molecule has 1 rings (SSSR count). The van der Waals surface area contributed by atoms with Crippen LogP contribution in [-0.2, 0) is 0 Å². The number of benzene rings is 1. The normalized spacial score (nSPS) is 13.3. The Hall–Kier alpha value is -0.410. The lowest BCUT2D eigenvalue weighted by molar-refractivity contribution is 0.441. The smallest absolute Gasteiger partial charge is 0.124 e. The van der Waals surface area contributed by atoms with E-state index in [0.717, 1.165) is 10.0 Å². The third-order valence-electron chi connectivity index (χ3n) is 2.28. The lowest BCUT2D eigenvalue weighted by Crippen LogP contribution is -2.22. The second kappa shape index (κ2) is 4.89. The topological polar surface area (TPSA) is 12.0 Å². The van der Waals surface area contributed by atoms with Crippen LogP contribution in [0.2, 0.25) is 0 Å². The summed E-state index contributed by atoms with van der Waals surface area (Å²) in [5.41, 5.74) is 1.10. The van der Waals surface area contributed by atoms with Gasteiger partial charge in [-0.1, -0.05) is 35.8 Å². The van der Waals surface area contributed by atoms with Gasteiger partial charge in [-0.05, 0) is 30.7 Å². The zero-order valence-electron chi connectivity index (χ0n) is 8.64. The molecule has 1 aromatic rings. The molecule has 1 aromatic carbocycles. The molecule has 1 atom stereocenters. The minimum atomic E-state index is -0.209. The summed E-state index contributed by atoms with van der Waals surface area (Å²) in [5, 5.41) is 3.23. The van der Waals surface area contributed by atoms with E-state index in [0.29, 0.717) is 5.92 Å². The highest BCUT2D eigenvalue weighted by Crippen LogP contribution is 2.28. The van der Waals surface area contributed by atoms with Gasteiger partial charge in [-0.15, -0.1) is 0 Å². The van der Waals surface area contributed by atoms with E-state index in [1.54, 1.807) is 0 Å². The fourth-order valence-electron chi connectivity index (χ4n) is 1.60. The van der Waals surface area contributed by atoms with Gasteiger partial charge in [-0.25, -0.2) is 4.39 Å². The lowest BCUT2D eigenvalue weighted by atomic mass is 9.96. The van der Waals surface area contributed by atoms with Crippen LogP contribution in [0.15, 0.2) is 22.7 Å². The van der Waals surface area contributed by atoms with Gasteiger partial charge in [0.2, 0.25) is 0 Å². The first-order valence-corrected chi connectivity index (χ1v) is 5.47. The van der Waals surface area contributed by atoms with E-state index in [1.807, 2.05) is 13.1 Å². The van der Waals surface area contributed by atoms with Crippen molar-refractivity contribution in [2.24, 2.45) is 5.92 Å². The molecular weight excluding hydrogens is 245 g/mol. The van der Waals surface area contributed by atoms with Gasteiger partial charge < -0.3 is 5.32 Å². The zero-order valence-corrected chi connectivity index (χ0v) is 10.2. The first kappa shape index (κ1) is 11.7. The Morgan fingerprint density at radius 3 is 2.43 bits per heavy atom. The molecule has 0 fully saturated rings. The summed E-state index contributed by atoms with van der Waals surface area (Å²) in [7, 11) is 1.92. The van der Waals surface area contributed by atoms with Gasteiger partial charge in [0, 0.05) is 10.5 Å². The quantitative estimate of drug-likeness (QED) is 0.877. The Morgan fingerprint density at radius 1 is 1.36 bits per heavy atom. The first-order valence-electron chi connectivity index (χ1n) is 4.68. The maximum absolute atomic E-state index is 12.9. The molecule has 0 aliphatic heterocycles. The predicted molar refractivity (Wildman–Crippen MR) is 60.7 cm³/mol. The predicted octanol–water partition coefficient (Wildman–Crippen LogP) is 3.50. The number of hydrogen-bond donors (Lipinski definition) is 1. The number of hydrogen-bond acceptors (Lipinski definition) is 1. The van der Waals surface area contributed by atoms with Gasteiger partial charge >= 0.3 is 0 Å². The second-order valence-electron chi connectivity index (χ2n) is 3.68. The summed E-state index contributed by atoms with van der Waals surface area (Å²) in [5.74, 6) is 0.265. The third-order valence-corrected chi connectivity index (χ3v) is 2.96. The van der Waals surface area contributed by atoms with Crippen molar-refractivity contribution in [3.8, 4) is 0 Å². The SMILES string of the molecule is CNC(c1ccc(F)cc1Br)C(C)C. The highest BCUT2D eigenvalue weighted by Gasteiger charge is 2.16.